The predicted octanol–water partition coefficient (Wildman–Crippen LogP) is 8.21. The van der Waals surface area contributed by atoms with Gasteiger partial charge in [-0.25, -0.2) is 9.97 Å². The fourth-order valence-corrected chi connectivity index (χ4v) is 9.56. The molecule has 2 aromatic heterocycles. The third-order valence-corrected chi connectivity index (χ3v) is 14.4. The lowest BCUT2D eigenvalue weighted by Gasteiger charge is -2.26. The number of benzene rings is 4. The Morgan fingerprint density at radius 3 is 1.96 bits per heavy atom. The Bertz CT molecular complexity index is 2990. The van der Waals surface area contributed by atoms with Crippen LogP contribution in [0.2, 0.25) is 0 Å². The topological polar surface area (TPSA) is 353 Å². The number of pyridine rings is 2. The molecule has 0 bridgehead atoms. The average Bonchev–Trinajstić information content (AvgIpc) is 3.71. The van der Waals surface area contributed by atoms with E-state index in [1.807, 2.05) is 66.7 Å². The molecular weight excluding hydrogens is 1100 g/mol. The number of carbonyl (C=O) groups excluding carboxylic acids is 3. The van der Waals surface area contributed by atoms with E-state index in [4.69, 9.17) is 24.3 Å². The van der Waals surface area contributed by atoms with Crippen molar-refractivity contribution in [2.75, 3.05) is 39.5 Å². The minimum atomic E-state index is -4.00. The number of unbranched alkanes of at least 4 members (excludes halogenated alkanes) is 3. The Labute approximate surface area is 488 Å². The van der Waals surface area contributed by atoms with Crippen molar-refractivity contribution in [3.63, 3.8) is 0 Å². The van der Waals surface area contributed by atoms with E-state index in [-0.39, 0.29) is 74.0 Å². The quantitative estimate of drug-likeness (QED) is 0.00994. The Morgan fingerprint density at radius 2 is 1.30 bits per heavy atom. The van der Waals surface area contributed by atoms with Crippen molar-refractivity contribution >= 4 is 40.3 Å². The molecule has 0 radical (unpaired) electrons. The van der Waals surface area contributed by atoms with Gasteiger partial charge in [0.15, 0.2) is 11.6 Å². The summed E-state index contributed by atoms with van der Waals surface area (Å²) < 4.78 is 47.6. The maximum atomic E-state index is 13.5. The number of aliphatic hydroxyl groups excluding tert-OH is 5. The molecule has 0 saturated heterocycles. The number of rotatable bonds is 37. The molecule has 5 unspecified atom stereocenters. The molecule has 0 aliphatic carbocycles. The van der Waals surface area contributed by atoms with Gasteiger partial charge in [0.25, 0.3) is 0 Å². The van der Waals surface area contributed by atoms with Crippen LogP contribution in [0, 0.1) is 5.92 Å². The van der Waals surface area contributed by atoms with Crippen LogP contribution in [0.4, 0.5) is 5.82 Å². The molecule has 11 N–H and O–H groups in total. The first kappa shape index (κ1) is 65.4. The summed E-state index contributed by atoms with van der Waals surface area (Å²) >= 11 is 0. The summed E-state index contributed by atoms with van der Waals surface area (Å²) in [7, 11) is -4.00. The molecule has 2 amide bonds. The summed E-state index contributed by atoms with van der Waals surface area (Å²) in [6, 6.07) is 38.2. The first-order valence-electron chi connectivity index (χ1n) is 27.7. The van der Waals surface area contributed by atoms with Gasteiger partial charge in [-0.1, -0.05) is 91.3 Å². The van der Waals surface area contributed by atoms with Crippen LogP contribution in [0.15, 0.2) is 149 Å². The molecule has 450 valence electrons. The lowest BCUT2D eigenvalue weighted by atomic mass is 9.92. The van der Waals surface area contributed by atoms with Gasteiger partial charge < -0.3 is 69.1 Å². The van der Waals surface area contributed by atoms with Crippen LogP contribution in [0.25, 0.3) is 22.4 Å². The highest BCUT2D eigenvalue weighted by molar-refractivity contribution is 8.19. The highest BCUT2D eigenvalue weighted by Gasteiger charge is 2.31. The second-order valence-electron chi connectivity index (χ2n) is 19.8. The summed E-state index contributed by atoms with van der Waals surface area (Å²) in [5, 5.41) is 72.4. The lowest BCUT2D eigenvalue weighted by Crippen LogP contribution is -2.50. The Kier molecular flexibility index (Phi) is 26.6. The maximum Gasteiger partial charge on any atom is 0.303 e. The molecular formula is C61H74N6O16S. The van der Waals surface area contributed by atoms with Crippen LogP contribution in [0.5, 0.6) is 17.4 Å². The number of ether oxygens (including phenoxy) is 3. The lowest BCUT2D eigenvalue weighted by molar-refractivity contribution is -0.137. The Hall–Kier alpha value is -7.71. The number of aromatic nitrogens is 2. The molecule has 0 fully saturated rings. The fourth-order valence-electron chi connectivity index (χ4n) is 8.81. The van der Waals surface area contributed by atoms with Gasteiger partial charge in [0.1, 0.15) is 40.7 Å². The summed E-state index contributed by atoms with van der Waals surface area (Å²) in [6.45, 7) is -0.336. The van der Waals surface area contributed by atoms with Crippen LogP contribution in [0.1, 0.15) is 85.7 Å². The Balaban J connectivity index is 0.940. The number of carboxylic acids is 1. The van der Waals surface area contributed by atoms with Gasteiger partial charge in [-0.2, -0.15) is 5.11 Å². The zero-order valence-electron chi connectivity index (χ0n) is 46.4. The number of nitrogens with one attached hydrogen (secondary N) is 2. The molecule has 0 aliphatic heterocycles. The smallest absolute Gasteiger partial charge is 0.303 e. The molecule has 2 heterocycles. The number of hydrogen-bond donors (Lipinski definition) is 11. The van der Waals surface area contributed by atoms with E-state index >= 15 is 0 Å². The third-order valence-electron chi connectivity index (χ3n) is 13.4. The van der Waals surface area contributed by atoms with Crippen molar-refractivity contribution in [3.05, 3.63) is 150 Å². The van der Waals surface area contributed by atoms with Crippen molar-refractivity contribution in [2.24, 2.45) is 16.1 Å². The number of Topliss-reactive ketones (excluding diaryl/α,β-unsaturated/α-hetero) is 1. The van der Waals surface area contributed by atoms with E-state index in [1.54, 1.807) is 30.3 Å². The first-order valence-corrected chi connectivity index (χ1v) is 29.2. The van der Waals surface area contributed by atoms with Crippen LogP contribution in [-0.4, -0.2) is 142 Å². The van der Waals surface area contributed by atoms with Crippen molar-refractivity contribution < 1.29 is 77.7 Å². The SMILES string of the molecule is O=C(O)CCc1c(OCCCCCOc2cc(-c3ccccc3)cc(-c3ccccc3)n2)cccc1OCCCC(=O)NCCCCC(CC(=O)c1ccc(N=NCc2ccccc2S(O)(O)O)nc1)C(=O)NCC(O)C(O)C(O)C(O)CO. The van der Waals surface area contributed by atoms with Crippen molar-refractivity contribution in [1.29, 1.82) is 0 Å². The number of carboxylic acid groups (broad SMARTS) is 1. The minimum absolute atomic E-state index is 0.0963. The van der Waals surface area contributed by atoms with Gasteiger partial charge in [-0.15, -0.1) is 5.11 Å². The van der Waals surface area contributed by atoms with Crippen LogP contribution < -0.4 is 24.8 Å². The molecule has 84 heavy (non-hydrogen) atoms. The van der Waals surface area contributed by atoms with Gasteiger partial charge in [0.2, 0.25) is 17.7 Å². The second kappa shape index (κ2) is 34.2. The van der Waals surface area contributed by atoms with Crippen LogP contribution in [-0.2, 0) is 27.3 Å². The molecule has 23 heteroatoms. The fraction of sp³-hybridized carbons (Fsp3) is 0.377. The number of ketones is 1. The normalized spacial score (nSPS) is 13.5. The molecule has 0 saturated carbocycles. The average molecular weight is 1180 g/mol. The van der Waals surface area contributed by atoms with E-state index < -0.39 is 72.0 Å². The molecule has 22 nitrogen and oxygen atoms in total. The standard InChI is InChI=1S/C61H74N6O16S/c68-40-51(71)60(76)59(75)50(70)39-64-61(77)43(35-49(69)44-26-28-55(63-37-44)67-65-38-45-21-8-9-24-54(45)84(78,79)80)20-10-11-30-62-56(72)25-15-33-82-53-23-14-22-52(47(53)27-29-58(73)74)81-31-12-3-13-32-83-57-36-46(41-16-4-1-5-17-41)34-48(66-57)42-18-6-2-7-19-42/h1-2,4-9,14,16-19,21-24,26,28,34,36-37,43,50-51,59-60,68,70-71,75-76,78-80H,3,10-13,15,20,25,27,29-33,35,38-40H2,(H,62,72)(H,64,77)(H,73,74). The third kappa shape index (κ3) is 21.5. The number of amides is 2. The van der Waals surface area contributed by atoms with E-state index in [1.165, 1.54) is 30.5 Å². The molecule has 4 aromatic carbocycles. The van der Waals surface area contributed by atoms with Gasteiger partial charge in [0.05, 0.1) is 49.7 Å². The zero-order chi connectivity index (χ0) is 60.3. The minimum Gasteiger partial charge on any atom is -0.493 e. The number of aliphatic carboxylic acids is 1. The summed E-state index contributed by atoms with van der Waals surface area (Å²) in [5.41, 5.74) is 4.95. The number of nitrogens with zero attached hydrogens (tertiary/aromatic N) is 4. The largest absolute Gasteiger partial charge is 0.493 e. The zero-order valence-corrected chi connectivity index (χ0v) is 47.2. The van der Waals surface area contributed by atoms with Crippen LogP contribution >= 0.6 is 10.9 Å². The second-order valence-corrected chi connectivity index (χ2v) is 21.3. The van der Waals surface area contributed by atoms with E-state index in [9.17, 15) is 58.4 Å². The van der Waals surface area contributed by atoms with Crippen molar-refractivity contribution in [2.45, 2.75) is 106 Å². The van der Waals surface area contributed by atoms with Crippen molar-refractivity contribution in [1.82, 2.24) is 20.6 Å². The first-order chi connectivity index (χ1) is 40.5. The molecule has 6 aromatic rings. The number of hydrogen-bond acceptors (Lipinski definition) is 19. The van der Waals surface area contributed by atoms with E-state index in [2.05, 4.69) is 31.9 Å². The summed E-state index contributed by atoms with van der Waals surface area (Å²) in [5.74, 6) is -1.68. The van der Waals surface area contributed by atoms with Gasteiger partial charge >= 0.3 is 5.97 Å². The Morgan fingerprint density at radius 1 is 0.643 bits per heavy atom. The van der Waals surface area contributed by atoms with Gasteiger partial charge in [-0.05, 0) is 98.0 Å². The number of azo groups is 1. The highest BCUT2D eigenvalue weighted by Crippen LogP contribution is 2.45. The molecule has 0 spiro atoms. The number of carbonyl (C=O) groups is 4. The maximum absolute atomic E-state index is 13.5. The summed E-state index contributed by atoms with van der Waals surface area (Å²) in [4.78, 5) is 60.3. The van der Waals surface area contributed by atoms with Gasteiger partial charge in [-0.3, -0.25) is 19.2 Å². The molecule has 6 rings (SSSR count). The molecule has 0 aliphatic rings. The van der Waals surface area contributed by atoms with Crippen LogP contribution in [0.3, 0.4) is 0 Å². The molecule has 5 atom stereocenters. The summed E-state index contributed by atoms with van der Waals surface area (Å²) in [6.07, 6.45) is -2.70. The van der Waals surface area contributed by atoms with E-state index in [0.717, 1.165) is 35.2 Å². The highest BCUT2D eigenvalue weighted by atomic mass is 32.3. The van der Waals surface area contributed by atoms with Crippen molar-refractivity contribution in [3.8, 4) is 39.8 Å². The monoisotopic (exact) mass is 1180 g/mol. The number of aliphatic hydroxyl groups is 5. The van der Waals surface area contributed by atoms with Gasteiger partial charge in [0, 0.05) is 67.2 Å². The predicted molar refractivity (Wildman–Crippen MR) is 313 cm³/mol. The van der Waals surface area contributed by atoms with E-state index in [0.29, 0.717) is 67.4 Å².